The Morgan fingerprint density at radius 3 is 2.26 bits per heavy atom. The zero-order chi connectivity index (χ0) is 31.4. The minimum absolute atomic E-state index is 0. The van der Waals surface area contributed by atoms with Crippen molar-refractivity contribution >= 4 is 56.1 Å². The van der Waals surface area contributed by atoms with Gasteiger partial charge in [0.1, 0.15) is 5.82 Å². The fourth-order valence-corrected chi connectivity index (χ4v) is 6.29. The van der Waals surface area contributed by atoms with Gasteiger partial charge in [0.15, 0.2) is 0 Å². The SMILES string of the molecule is CN1[CH-]N(c2[c-]c(N(c3[c-]c4c(cc3)c3ccccc3n4-c3cc(C(C)(C)C)ccn3)c3ccccc3)ncc2)c2ccccc21.[Pt]. The van der Waals surface area contributed by atoms with Crippen molar-refractivity contribution in [2.75, 3.05) is 21.7 Å². The maximum Gasteiger partial charge on any atom is 0.135 e. The van der Waals surface area contributed by atoms with Gasteiger partial charge < -0.3 is 19.3 Å². The van der Waals surface area contributed by atoms with E-state index in [-0.39, 0.29) is 26.5 Å². The number of pyridine rings is 2. The molecule has 3 aromatic heterocycles. The fourth-order valence-electron chi connectivity index (χ4n) is 6.29. The van der Waals surface area contributed by atoms with Gasteiger partial charge >= 0.3 is 0 Å². The van der Waals surface area contributed by atoms with Crippen LogP contribution in [0.1, 0.15) is 26.3 Å². The van der Waals surface area contributed by atoms with Gasteiger partial charge in [-0.3, -0.25) is 4.98 Å². The number of rotatable bonds is 5. The summed E-state index contributed by atoms with van der Waals surface area (Å²) in [6.07, 6.45) is 3.76. The van der Waals surface area contributed by atoms with E-state index in [1.807, 2.05) is 36.7 Å². The smallest absolute Gasteiger partial charge is 0.135 e. The first-order valence-electron chi connectivity index (χ1n) is 15.5. The monoisotopic (exact) mass is 792 g/mol. The maximum absolute atomic E-state index is 4.86. The van der Waals surface area contributed by atoms with Crippen LogP contribution in [0.3, 0.4) is 0 Å². The number of anilines is 6. The van der Waals surface area contributed by atoms with Gasteiger partial charge in [0.05, 0.1) is 0 Å². The molecule has 0 atom stereocenters. The van der Waals surface area contributed by atoms with E-state index < -0.39 is 0 Å². The second-order valence-corrected chi connectivity index (χ2v) is 12.6. The molecule has 0 amide bonds. The summed E-state index contributed by atoms with van der Waals surface area (Å²) >= 11 is 0. The minimum atomic E-state index is -0.00988. The summed E-state index contributed by atoms with van der Waals surface area (Å²) in [6.45, 7) is 8.78. The van der Waals surface area contributed by atoms with Gasteiger partial charge in [-0.05, 0) is 65.9 Å². The first kappa shape index (κ1) is 30.7. The molecule has 7 aromatic rings. The van der Waals surface area contributed by atoms with Crippen molar-refractivity contribution in [2.45, 2.75) is 26.2 Å². The third kappa shape index (κ3) is 5.37. The van der Waals surface area contributed by atoms with Gasteiger partial charge in [0, 0.05) is 55.7 Å². The standard InChI is InChI=1S/C40H33N6.Pt/c1-40(2,3)28-20-22-41-38(24-28)46-34-15-9-8-14-32(34)33-19-18-31(25-37(33)46)45(29-12-6-5-7-13-29)39-26-30(21-23-42-39)44-27-43(4)35-16-10-11-17-36(35)44;/h5-24,27H,1-4H3;/q-3;. The average molecular weight is 793 g/mol. The molecule has 0 spiro atoms. The second kappa shape index (κ2) is 12.0. The first-order chi connectivity index (χ1) is 22.4. The Bertz CT molecular complexity index is 2220. The van der Waals surface area contributed by atoms with Crippen molar-refractivity contribution in [2.24, 2.45) is 0 Å². The van der Waals surface area contributed by atoms with Crippen molar-refractivity contribution in [3.8, 4) is 5.82 Å². The second-order valence-electron chi connectivity index (χ2n) is 12.6. The summed E-state index contributed by atoms with van der Waals surface area (Å²) in [5.41, 5.74) is 8.25. The largest absolute Gasteiger partial charge is 0.504 e. The normalized spacial score (nSPS) is 12.8. The van der Waals surface area contributed by atoms with Gasteiger partial charge in [0.25, 0.3) is 0 Å². The van der Waals surface area contributed by atoms with Crippen LogP contribution in [0.15, 0.2) is 122 Å². The minimum Gasteiger partial charge on any atom is -0.504 e. The number of para-hydroxylation sites is 4. The molecule has 6 nitrogen and oxygen atoms in total. The topological polar surface area (TPSA) is 40.4 Å². The van der Waals surface area contributed by atoms with Crippen LogP contribution in [-0.2, 0) is 26.5 Å². The summed E-state index contributed by atoms with van der Waals surface area (Å²) in [5.74, 6) is 1.55. The van der Waals surface area contributed by atoms with E-state index in [0.29, 0.717) is 5.82 Å². The maximum atomic E-state index is 4.86. The van der Waals surface area contributed by atoms with E-state index in [1.165, 1.54) is 5.56 Å². The van der Waals surface area contributed by atoms with Crippen LogP contribution in [0.2, 0.25) is 0 Å². The number of nitrogens with zero attached hydrogens (tertiary/aromatic N) is 6. The quantitative estimate of drug-likeness (QED) is 0.163. The third-order valence-corrected chi connectivity index (χ3v) is 8.61. The van der Waals surface area contributed by atoms with Gasteiger partial charge in [-0.1, -0.05) is 86.7 Å². The molecule has 0 aliphatic carbocycles. The molecule has 47 heavy (non-hydrogen) atoms. The predicted molar refractivity (Wildman–Crippen MR) is 189 cm³/mol. The van der Waals surface area contributed by atoms with E-state index in [9.17, 15) is 0 Å². The molecule has 0 saturated carbocycles. The van der Waals surface area contributed by atoms with Crippen molar-refractivity contribution < 1.29 is 21.1 Å². The molecule has 7 heteroatoms. The van der Waals surface area contributed by atoms with Gasteiger partial charge in [-0.15, -0.1) is 17.5 Å². The van der Waals surface area contributed by atoms with Crippen LogP contribution in [0, 0.1) is 18.8 Å². The van der Waals surface area contributed by atoms with Crippen LogP contribution >= 0.6 is 0 Å². The Labute approximate surface area is 290 Å². The molecule has 8 rings (SSSR count). The van der Waals surface area contributed by atoms with Crippen molar-refractivity contribution in [3.05, 3.63) is 146 Å². The number of aromatic nitrogens is 3. The Morgan fingerprint density at radius 2 is 1.45 bits per heavy atom. The predicted octanol–water partition coefficient (Wildman–Crippen LogP) is 9.65. The number of hydrogen-bond donors (Lipinski definition) is 0. The van der Waals surface area contributed by atoms with E-state index in [0.717, 1.165) is 56.1 Å². The van der Waals surface area contributed by atoms with Crippen LogP contribution in [-0.4, -0.2) is 21.6 Å². The summed E-state index contributed by atoms with van der Waals surface area (Å²) in [7, 11) is 2.06. The Kier molecular flexibility index (Phi) is 7.85. The molecule has 0 N–H and O–H groups in total. The third-order valence-electron chi connectivity index (χ3n) is 8.61. The summed E-state index contributed by atoms with van der Waals surface area (Å²) in [4.78, 5) is 16.1. The van der Waals surface area contributed by atoms with Crippen LogP contribution in [0.25, 0.3) is 27.6 Å². The van der Waals surface area contributed by atoms with E-state index in [4.69, 9.17) is 9.97 Å². The zero-order valence-electron chi connectivity index (χ0n) is 26.6. The van der Waals surface area contributed by atoms with Crippen LogP contribution in [0.4, 0.5) is 34.3 Å². The summed E-state index contributed by atoms with van der Waals surface area (Å²) < 4.78 is 2.23. The molecule has 0 bridgehead atoms. The summed E-state index contributed by atoms with van der Waals surface area (Å²) in [5, 5.41) is 2.28. The van der Waals surface area contributed by atoms with Crippen molar-refractivity contribution in [1.82, 2.24) is 14.5 Å². The zero-order valence-corrected chi connectivity index (χ0v) is 28.9. The van der Waals surface area contributed by atoms with Crippen molar-refractivity contribution in [1.29, 1.82) is 0 Å². The van der Waals surface area contributed by atoms with E-state index in [2.05, 4.69) is 151 Å². The van der Waals surface area contributed by atoms with Gasteiger partial charge in [-0.2, -0.15) is 30.6 Å². The molecule has 0 saturated heterocycles. The van der Waals surface area contributed by atoms with Crippen molar-refractivity contribution in [3.63, 3.8) is 0 Å². The molecule has 4 aromatic carbocycles. The first-order valence-corrected chi connectivity index (χ1v) is 15.5. The van der Waals surface area contributed by atoms with E-state index >= 15 is 0 Å². The van der Waals surface area contributed by atoms with Gasteiger partial charge in [0.2, 0.25) is 0 Å². The fraction of sp³-hybridized carbons (Fsp3) is 0.125. The molecule has 1 aliphatic rings. The summed E-state index contributed by atoms with van der Waals surface area (Å²) in [6, 6.07) is 45.2. The molecule has 0 fully saturated rings. The number of benzene rings is 4. The Hall–Kier alpha value is -4.93. The molecule has 0 unspecified atom stereocenters. The number of fused-ring (bicyclic) bond motifs is 4. The molecular weight excluding hydrogens is 760 g/mol. The Balaban J connectivity index is 0.00000351. The molecule has 4 heterocycles. The Morgan fingerprint density at radius 1 is 0.723 bits per heavy atom. The molecular formula is C40H33N6Pt-3. The van der Waals surface area contributed by atoms with Gasteiger partial charge in [-0.25, -0.2) is 4.98 Å². The van der Waals surface area contributed by atoms with E-state index in [1.54, 1.807) is 0 Å². The average Bonchev–Trinajstić information content (AvgIpc) is 3.60. The number of hydrogen-bond acceptors (Lipinski definition) is 5. The van der Waals surface area contributed by atoms with Crippen LogP contribution in [0.5, 0.6) is 0 Å². The van der Waals surface area contributed by atoms with Crippen LogP contribution < -0.4 is 14.7 Å². The molecule has 0 radical (unpaired) electrons. The molecule has 236 valence electrons. The molecule has 1 aliphatic heterocycles.